The third-order valence-corrected chi connectivity index (χ3v) is 6.22. The average Bonchev–Trinajstić information content (AvgIpc) is 3.01. The molecule has 2 saturated heterocycles. The lowest BCUT2D eigenvalue weighted by Gasteiger charge is -2.44. The summed E-state index contributed by atoms with van der Waals surface area (Å²) in [5.74, 6) is 0.606. The van der Waals surface area contributed by atoms with E-state index >= 15 is 0 Å². The van der Waals surface area contributed by atoms with Crippen molar-refractivity contribution in [1.82, 2.24) is 14.8 Å². The van der Waals surface area contributed by atoms with E-state index < -0.39 is 0 Å². The zero-order valence-corrected chi connectivity index (χ0v) is 15.6. The highest BCUT2D eigenvalue weighted by Gasteiger charge is 2.49. The average molecular weight is 351 g/mol. The Kier molecular flexibility index (Phi) is 5.07. The minimum Gasteiger partial charge on any atom is -0.395 e. The number of benzene rings is 1. The van der Waals surface area contributed by atoms with Crippen molar-refractivity contribution in [3.05, 3.63) is 65.5 Å². The number of β-amino-alcohol motifs (C(OH)–C–C–N with tert-alkyl or cyclic N) is 1. The normalized spacial score (nSPS) is 26.8. The van der Waals surface area contributed by atoms with E-state index in [1.165, 1.54) is 17.7 Å². The predicted octanol–water partition coefficient (Wildman–Crippen LogP) is 2.46. The van der Waals surface area contributed by atoms with Crippen LogP contribution in [-0.2, 0) is 12.0 Å². The monoisotopic (exact) mass is 351 g/mol. The zero-order valence-electron chi connectivity index (χ0n) is 15.6. The fourth-order valence-electron chi connectivity index (χ4n) is 4.97. The van der Waals surface area contributed by atoms with Crippen molar-refractivity contribution in [1.29, 1.82) is 0 Å². The van der Waals surface area contributed by atoms with Crippen molar-refractivity contribution >= 4 is 0 Å². The van der Waals surface area contributed by atoms with E-state index in [9.17, 15) is 5.11 Å². The topological polar surface area (TPSA) is 39.6 Å². The van der Waals surface area contributed by atoms with Crippen LogP contribution in [0.4, 0.5) is 0 Å². The smallest absolute Gasteiger partial charge is 0.0558 e. The lowest BCUT2D eigenvalue weighted by Crippen LogP contribution is -2.49. The number of likely N-dealkylation sites (tertiary alicyclic amines) is 2. The molecule has 2 aromatic rings. The summed E-state index contributed by atoms with van der Waals surface area (Å²) in [6, 6.07) is 17.3. The van der Waals surface area contributed by atoms with E-state index in [1.54, 1.807) is 0 Å². The van der Waals surface area contributed by atoms with Crippen LogP contribution >= 0.6 is 0 Å². The Morgan fingerprint density at radius 2 is 1.88 bits per heavy atom. The Morgan fingerprint density at radius 3 is 2.65 bits per heavy atom. The maximum absolute atomic E-state index is 9.43. The maximum Gasteiger partial charge on any atom is 0.0558 e. The first-order valence-electron chi connectivity index (χ1n) is 9.73. The molecule has 2 aliphatic heterocycles. The Labute approximate surface area is 156 Å². The van der Waals surface area contributed by atoms with Crippen LogP contribution in [0.3, 0.4) is 0 Å². The second-order valence-corrected chi connectivity index (χ2v) is 7.93. The molecule has 1 aromatic carbocycles. The van der Waals surface area contributed by atoms with Gasteiger partial charge in [-0.25, -0.2) is 0 Å². The number of fused-ring (bicyclic) bond motifs is 1. The molecule has 0 bridgehead atoms. The summed E-state index contributed by atoms with van der Waals surface area (Å²) in [5, 5.41) is 9.43. The summed E-state index contributed by atoms with van der Waals surface area (Å²) in [4.78, 5) is 9.70. The molecule has 2 fully saturated rings. The molecule has 4 nitrogen and oxygen atoms in total. The van der Waals surface area contributed by atoms with Gasteiger partial charge in [0.05, 0.1) is 12.3 Å². The van der Waals surface area contributed by atoms with Crippen LogP contribution in [0.1, 0.15) is 23.4 Å². The summed E-state index contributed by atoms with van der Waals surface area (Å²) in [7, 11) is 0. The van der Waals surface area contributed by atoms with Crippen molar-refractivity contribution in [3.63, 3.8) is 0 Å². The van der Waals surface area contributed by atoms with Gasteiger partial charge in [0.1, 0.15) is 0 Å². The van der Waals surface area contributed by atoms with E-state index in [-0.39, 0.29) is 12.0 Å². The SMILES string of the molecule is Cc1cccc(CN2CCC3(c4ccccc4)CN(CCO)CC3C2)n1. The number of rotatable bonds is 5. The molecular formula is C22H29N3O. The second kappa shape index (κ2) is 7.47. The van der Waals surface area contributed by atoms with Crippen LogP contribution < -0.4 is 0 Å². The second-order valence-electron chi connectivity index (χ2n) is 7.93. The molecule has 2 unspecified atom stereocenters. The molecule has 3 heterocycles. The molecule has 4 rings (SSSR count). The van der Waals surface area contributed by atoms with Gasteiger partial charge in [0.25, 0.3) is 0 Å². The molecular weight excluding hydrogens is 322 g/mol. The van der Waals surface area contributed by atoms with E-state index in [1.807, 2.05) is 0 Å². The van der Waals surface area contributed by atoms with Gasteiger partial charge >= 0.3 is 0 Å². The predicted molar refractivity (Wildman–Crippen MR) is 104 cm³/mol. The maximum atomic E-state index is 9.43. The molecule has 1 aromatic heterocycles. The third kappa shape index (κ3) is 3.41. The summed E-state index contributed by atoms with van der Waals surface area (Å²) in [6.07, 6.45) is 1.18. The molecule has 4 heteroatoms. The van der Waals surface area contributed by atoms with Gasteiger partial charge < -0.3 is 5.11 Å². The van der Waals surface area contributed by atoms with Crippen LogP contribution in [0.25, 0.3) is 0 Å². The van der Waals surface area contributed by atoms with Crippen LogP contribution in [0, 0.1) is 12.8 Å². The van der Waals surface area contributed by atoms with Crippen molar-refractivity contribution in [3.8, 4) is 0 Å². The van der Waals surface area contributed by atoms with Gasteiger partial charge in [-0.15, -0.1) is 0 Å². The van der Waals surface area contributed by atoms with Gasteiger partial charge in [0.2, 0.25) is 0 Å². The molecule has 138 valence electrons. The first-order valence-corrected chi connectivity index (χ1v) is 9.73. The Morgan fingerprint density at radius 1 is 1.08 bits per heavy atom. The highest BCUT2D eigenvalue weighted by molar-refractivity contribution is 5.30. The van der Waals surface area contributed by atoms with Crippen molar-refractivity contribution in [2.45, 2.75) is 25.3 Å². The van der Waals surface area contributed by atoms with Crippen LogP contribution in [0.2, 0.25) is 0 Å². The molecule has 1 N–H and O–H groups in total. The molecule has 0 spiro atoms. The third-order valence-electron chi connectivity index (χ3n) is 6.22. The summed E-state index contributed by atoms with van der Waals surface area (Å²) >= 11 is 0. The van der Waals surface area contributed by atoms with E-state index in [0.717, 1.165) is 45.0 Å². The van der Waals surface area contributed by atoms with Crippen LogP contribution in [-0.4, -0.2) is 59.2 Å². The highest BCUT2D eigenvalue weighted by atomic mass is 16.3. The number of piperidine rings is 1. The van der Waals surface area contributed by atoms with Gasteiger partial charge in [0, 0.05) is 43.8 Å². The van der Waals surface area contributed by atoms with Gasteiger partial charge in [-0.3, -0.25) is 14.8 Å². The number of hydrogen-bond acceptors (Lipinski definition) is 4. The van der Waals surface area contributed by atoms with Gasteiger partial charge in [-0.1, -0.05) is 36.4 Å². The number of aryl methyl sites for hydroxylation is 1. The van der Waals surface area contributed by atoms with E-state index in [2.05, 4.69) is 70.2 Å². The van der Waals surface area contributed by atoms with Gasteiger partial charge in [-0.2, -0.15) is 0 Å². The zero-order chi connectivity index (χ0) is 18.0. The Hall–Kier alpha value is -1.75. The van der Waals surface area contributed by atoms with Crippen molar-refractivity contribution in [2.75, 3.05) is 39.3 Å². The molecule has 2 aliphatic rings. The number of hydrogen-bond donors (Lipinski definition) is 1. The number of nitrogens with zero attached hydrogens (tertiary/aromatic N) is 3. The van der Waals surface area contributed by atoms with Crippen molar-refractivity contribution in [2.24, 2.45) is 5.92 Å². The number of pyridine rings is 1. The minimum absolute atomic E-state index is 0.229. The minimum atomic E-state index is 0.229. The van der Waals surface area contributed by atoms with Crippen molar-refractivity contribution < 1.29 is 5.11 Å². The number of aliphatic hydroxyl groups is 1. The summed E-state index contributed by atoms with van der Waals surface area (Å²) < 4.78 is 0. The first kappa shape index (κ1) is 17.7. The molecule has 2 atom stereocenters. The van der Waals surface area contributed by atoms with E-state index in [0.29, 0.717) is 5.92 Å². The molecule has 26 heavy (non-hydrogen) atoms. The standard InChI is InChI=1S/C22H29N3O/c1-18-6-5-9-21(23-18)16-24-11-10-22(19-7-3-2-4-8-19)17-25(12-13-26)15-20(22)14-24/h2-9,20,26H,10-17H2,1H3. The summed E-state index contributed by atoms with van der Waals surface area (Å²) in [5.41, 5.74) is 3.96. The quantitative estimate of drug-likeness (QED) is 0.898. The number of aliphatic hydroxyl groups excluding tert-OH is 1. The number of aromatic nitrogens is 1. The van der Waals surface area contributed by atoms with E-state index in [4.69, 9.17) is 0 Å². The molecule has 0 saturated carbocycles. The largest absolute Gasteiger partial charge is 0.395 e. The fraction of sp³-hybridized carbons (Fsp3) is 0.500. The van der Waals surface area contributed by atoms with Gasteiger partial charge in [0.15, 0.2) is 0 Å². The van der Waals surface area contributed by atoms with Crippen LogP contribution in [0.15, 0.2) is 48.5 Å². The Balaban J connectivity index is 1.54. The molecule has 0 amide bonds. The lowest BCUT2D eigenvalue weighted by molar-refractivity contribution is 0.116. The molecule has 0 aliphatic carbocycles. The fourth-order valence-corrected chi connectivity index (χ4v) is 4.97. The summed E-state index contributed by atoms with van der Waals surface area (Å²) in [6.45, 7) is 8.37. The first-order chi connectivity index (χ1) is 12.7. The lowest BCUT2D eigenvalue weighted by atomic mass is 9.68. The Bertz CT molecular complexity index is 735. The van der Waals surface area contributed by atoms with Gasteiger partial charge in [-0.05, 0) is 43.5 Å². The molecule has 0 radical (unpaired) electrons. The highest BCUT2D eigenvalue weighted by Crippen LogP contribution is 2.45. The van der Waals surface area contributed by atoms with Crippen LogP contribution in [0.5, 0.6) is 0 Å².